The van der Waals surface area contributed by atoms with Gasteiger partial charge in [-0.05, 0) is 6.42 Å². The Hall–Kier alpha value is -1.85. The van der Waals surface area contributed by atoms with Crippen molar-refractivity contribution in [2.75, 3.05) is 0 Å². The Kier molecular flexibility index (Phi) is 3.96. The standard InChI is InChI=1S/C12H18N4O2/c1-2-3-4-5-6-7-16-11(17)9-10(14-8-13-9)15-12(16)18/h8H,2-7H2,1H3,(H,13,14)(H,15,18). The fourth-order valence-corrected chi connectivity index (χ4v) is 2.02. The average Bonchev–Trinajstić information content (AvgIpc) is 2.80. The smallest absolute Gasteiger partial charge is 0.330 e. The zero-order valence-corrected chi connectivity index (χ0v) is 10.5. The second-order valence-electron chi connectivity index (χ2n) is 4.43. The van der Waals surface area contributed by atoms with Crippen molar-refractivity contribution in [1.29, 1.82) is 0 Å². The normalized spacial score (nSPS) is 11.2. The molecule has 2 aromatic rings. The van der Waals surface area contributed by atoms with E-state index >= 15 is 0 Å². The zero-order valence-electron chi connectivity index (χ0n) is 10.5. The minimum Gasteiger partial charge on any atom is -0.339 e. The molecule has 0 atom stereocenters. The monoisotopic (exact) mass is 250 g/mol. The van der Waals surface area contributed by atoms with Crippen LogP contribution in [0.2, 0.25) is 0 Å². The van der Waals surface area contributed by atoms with Crippen LogP contribution in [0.5, 0.6) is 0 Å². The van der Waals surface area contributed by atoms with Crippen molar-refractivity contribution in [2.24, 2.45) is 0 Å². The van der Waals surface area contributed by atoms with Gasteiger partial charge in [0.05, 0.1) is 6.33 Å². The molecule has 0 aliphatic heterocycles. The highest BCUT2D eigenvalue weighted by atomic mass is 16.2. The van der Waals surface area contributed by atoms with E-state index in [2.05, 4.69) is 21.9 Å². The number of hydrogen-bond donors (Lipinski definition) is 2. The third-order valence-electron chi connectivity index (χ3n) is 3.05. The lowest BCUT2D eigenvalue weighted by Crippen LogP contribution is -2.35. The molecule has 0 aromatic carbocycles. The van der Waals surface area contributed by atoms with Crippen molar-refractivity contribution in [3.63, 3.8) is 0 Å². The van der Waals surface area contributed by atoms with E-state index in [0.717, 1.165) is 19.3 Å². The van der Waals surface area contributed by atoms with Gasteiger partial charge < -0.3 is 4.98 Å². The molecular formula is C12H18N4O2. The second kappa shape index (κ2) is 5.66. The summed E-state index contributed by atoms with van der Waals surface area (Å²) < 4.78 is 1.24. The minimum atomic E-state index is -0.380. The molecule has 2 heterocycles. The molecule has 0 radical (unpaired) electrons. The molecule has 0 spiro atoms. The van der Waals surface area contributed by atoms with Gasteiger partial charge in [-0.2, -0.15) is 0 Å². The maximum absolute atomic E-state index is 12.0. The summed E-state index contributed by atoms with van der Waals surface area (Å²) in [5.41, 5.74) is 0.0206. The van der Waals surface area contributed by atoms with Gasteiger partial charge in [0.25, 0.3) is 5.56 Å². The summed E-state index contributed by atoms with van der Waals surface area (Å²) in [5.74, 6) is 0. The lowest BCUT2D eigenvalue weighted by molar-refractivity contribution is 0.544. The fraction of sp³-hybridized carbons (Fsp3) is 0.583. The molecule has 0 aliphatic rings. The van der Waals surface area contributed by atoms with Crippen LogP contribution in [0.25, 0.3) is 11.2 Å². The maximum Gasteiger partial charge on any atom is 0.330 e. The van der Waals surface area contributed by atoms with E-state index in [1.807, 2.05) is 0 Å². The first-order valence-electron chi connectivity index (χ1n) is 6.40. The van der Waals surface area contributed by atoms with Crippen LogP contribution in [0.3, 0.4) is 0 Å². The van der Waals surface area contributed by atoms with Gasteiger partial charge in [0.15, 0.2) is 5.65 Å². The highest BCUT2D eigenvalue weighted by molar-refractivity contribution is 5.67. The molecule has 0 unspecified atom stereocenters. The number of nitrogens with one attached hydrogen (secondary N) is 2. The first kappa shape index (κ1) is 12.6. The first-order valence-corrected chi connectivity index (χ1v) is 6.40. The Morgan fingerprint density at radius 3 is 2.78 bits per heavy atom. The average molecular weight is 250 g/mol. The topological polar surface area (TPSA) is 83.5 Å². The van der Waals surface area contributed by atoms with E-state index in [1.54, 1.807) is 0 Å². The Morgan fingerprint density at radius 1 is 1.22 bits per heavy atom. The Labute approximate surface area is 104 Å². The Bertz CT molecular complexity index is 623. The van der Waals surface area contributed by atoms with Crippen LogP contribution in [-0.4, -0.2) is 19.5 Å². The van der Waals surface area contributed by atoms with E-state index in [1.165, 1.54) is 23.7 Å². The summed E-state index contributed by atoms with van der Waals surface area (Å²) in [6.45, 7) is 2.62. The van der Waals surface area contributed by atoms with Crippen molar-refractivity contribution in [2.45, 2.75) is 45.6 Å². The predicted octanol–water partition coefficient (Wildman–Crippen LogP) is 1.38. The molecule has 18 heavy (non-hydrogen) atoms. The Balaban J connectivity index is 2.13. The van der Waals surface area contributed by atoms with E-state index in [9.17, 15) is 9.59 Å². The third-order valence-corrected chi connectivity index (χ3v) is 3.05. The van der Waals surface area contributed by atoms with Crippen LogP contribution in [0.4, 0.5) is 0 Å². The number of imidazole rings is 1. The van der Waals surface area contributed by atoms with Gasteiger partial charge in [0, 0.05) is 6.54 Å². The molecule has 2 aromatic heterocycles. The highest BCUT2D eigenvalue weighted by Gasteiger charge is 2.08. The van der Waals surface area contributed by atoms with Gasteiger partial charge >= 0.3 is 5.69 Å². The van der Waals surface area contributed by atoms with Crippen LogP contribution in [0.1, 0.15) is 39.0 Å². The summed E-state index contributed by atoms with van der Waals surface area (Å²) in [5, 5.41) is 0. The van der Waals surface area contributed by atoms with Gasteiger partial charge in [-0.25, -0.2) is 9.78 Å². The van der Waals surface area contributed by atoms with Crippen molar-refractivity contribution in [3.05, 3.63) is 27.2 Å². The number of hydrogen-bond acceptors (Lipinski definition) is 3. The van der Waals surface area contributed by atoms with E-state index < -0.39 is 0 Å². The summed E-state index contributed by atoms with van der Waals surface area (Å²) in [7, 11) is 0. The van der Waals surface area contributed by atoms with Gasteiger partial charge in [-0.3, -0.25) is 14.3 Å². The molecule has 2 N–H and O–H groups in total. The molecule has 98 valence electrons. The molecule has 0 bridgehead atoms. The fourth-order valence-electron chi connectivity index (χ4n) is 2.02. The number of H-pyrrole nitrogens is 2. The van der Waals surface area contributed by atoms with Crippen LogP contribution in [0, 0.1) is 0 Å². The molecule has 0 saturated heterocycles. The quantitative estimate of drug-likeness (QED) is 0.760. The molecule has 2 rings (SSSR count). The predicted molar refractivity (Wildman–Crippen MR) is 69.7 cm³/mol. The summed E-state index contributed by atoms with van der Waals surface area (Å²) in [4.78, 5) is 33.0. The van der Waals surface area contributed by atoms with Gasteiger partial charge in [-0.1, -0.05) is 32.6 Å². The van der Waals surface area contributed by atoms with Crippen LogP contribution >= 0.6 is 0 Å². The van der Waals surface area contributed by atoms with Gasteiger partial charge in [-0.15, -0.1) is 0 Å². The Morgan fingerprint density at radius 2 is 2.00 bits per heavy atom. The van der Waals surface area contributed by atoms with E-state index in [-0.39, 0.29) is 11.2 Å². The van der Waals surface area contributed by atoms with Crippen LogP contribution in [0.15, 0.2) is 15.9 Å². The molecule has 6 nitrogen and oxygen atoms in total. The molecule has 0 amide bonds. The van der Waals surface area contributed by atoms with Crippen molar-refractivity contribution in [3.8, 4) is 0 Å². The van der Waals surface area contributed by atoms with Gasteiger partial charge in [0.2, 0.25) is 0 Å². The van der Waals surface area contributed by atoms with E-state index in [0.29, 0.717) is 17.7 Å². The molecule has 0 saturated carbocycles. The molecular weight excluding hydrogens is 232 g/mol. The zero-order chi connectivity index (χ0) is 13.0. The summed E-state index contributed by atoms with van der Waals surface area (Å²) in [6.07, 6.45) is 6.83. The maximum atomic E-state index is 12.0. The lowest BCUT2D eigenvalue weighted by atomic mass is 10.1. The van der Waals surface area contributed by atoms with Crippen molar-refractivity contribution < 1.29 is 0 Å². The largest absolute Gasteiger partial charge is 0.339 e. The molecule has 6 heteroatoms. The van der Waals surface area contributed by atoms with Gasteiger partial charge in [0.1, 0.15) is 5.52 Å². The van der Waals surface area contributed by atoms with Crippen molar-refractivity contribution in [1.82, 2.24) is 19.5 Å². The number of nitrogens with zero attached hydrogens (tertiary/aromatic N) is 2. The second-order valence-corrected chi connectivity index (χ2v) is 4.43. The summed E-state index contributed by atoms with van der Waals surface area (Å²) >= 11 is 0. The number of aromatic nitrogens is 4. The molecule has 0 fully saturated rings. The minimum absolute atomic E-state index is 0.290. The third kappa shape index (κ3) is 2.52. The highest BCUT2D eigenvalue weighted by Crippen LogP contribution is 2.03. The number of aromatic amines is 2. The van der Waals surface area contributed by atoms with E-state index in [4.69, 9.17) is 0 Å². The first-order chi connectivity index (χ1) is 8.74. The number of unbranched alkanes of at least 4 members (excludes halogenated alkanes) is 4. The summed E-state index contributed by atoms with van der Waals surface area (Å²) in [6, 6.07) is 0. The van der Waals surface area contributed by atoms with Crippen molar-refractivity contribution >= 4 is 11.2 Å². The number of fused-ring (bicyclic) bond motifs is 1. The van der Waals surface area contributed by atoms with Crippen LogP contribution in [-0.2, 0) is 6.54 Å². The SMILES string of the molecule is CCCCCCCn1c(=O)[nH]c2nc[nH]c2c1=O. The molecule has 0 aliphatic carbocycles. The van der Waals surface area contributed by atoms with Crippen LogP contribution < -0.4 is 11.2 Å². The number of rotatable bonds is 6. The lowest BCUT2D eigenvalue weighted by Gasteiger charge is -2.04.